The summed E-state index contributed by atoms with van der Waals surface area (Å²) in [4.78, 5) is 26.7. The fourth-order valence-corrected chi connectivity index (χ4v) is 3.88. The molecule has 0 spiro atoms. The van der Waals surface area contributed by atoms with Crippen LogP contribution in [0.4, 0.5) is 0 Å². The number of likely N-dealkylation sites (N-methyl/N-ethyl adjacent to an activating group) is 1. The van der Waals surface area contributed by atoms with Crippen LogP contribution in [0.5, 0.6) is 0 Å². The highest BCUT2D eigenvalue weighted by Crippen LogP contribution is 2.17. The Morgan fingerprint density at radius 3 is 2.40 bits per heavy atom. The normalized spacial score (nSPS) is 20.9. The van der Waals surface area contributed by atoms with Crippen molar-refractivity contribution in [2.75, 3.05) is 45.2 Å². The van der Waals surface area contributed by atoms with Crippen LogP contribution >= 0.6 is 0 Å². The van der Waals surface area contributed by atoms with E-state index >= 15 is 0 Å². The Kier molecular flexibility index (Phi) is 5.94. The van der Waals surface area contributed by atoms with Crippen molar-refractivity contribution in [3.8, 4) is 0 Å². The minimum atomic E-state index is -3.07. The fourth-order valence-electron chi connectivity index (χ4n) is 2.15. The van der Waals surface area contributed by atoms with E-state index in [-0.39, 0.29) is 35.9 Å². The highest BCUT2D eigenvalue weighted by atomic mass is 32.2. The maximum atomic E-state index is 11.8. The molecule has 1 atom stereocenters. The second-order valence-electron chi connectivity index (χ2n) is 5.36. The van der Waals surface area contributed by atoms with Crippen LogP contribution in [-0.4, -0.2) is 81.3 Å². The maximum Gasteiger partial charge on any atom is 0.239 e. The lowest BCUT2D eigenvalue weighted by Gasteiger charge is -2.26. The van der Waals surface area contributed by atoms with Crippen molar-refractivity contribution < 1.29 is 18.0 Å². The minimum Gasteiger partial charge on any atom is -0.353 e. The molecular formula is C12H23N3O4S. The van der Waals surface area contributed by atoms with Gasteiger partial charge in [-0.25, -0.2) is 8.42 Å². The summed E-state index contributed by atoms with van der Waals surface area (Å²) >= 11 is 0. The summed E-state index contributed by atoms with van der Waals surface area (Å²) in [5.41, 5.74) is 0. The van der Waals surface area contributed by atoms with Crippen molar-refractivity contribution >= 4 is 21.7 Å². The van der Waals surface area contributed by atoms with Crippen LogP contribution in [0.25, 0.3) is 0 Å². The summed E-state index contributed by atoms with van der Waals surface area (Å²) in [7, 11) is 0.730. The Morgan fingerprint density at radius 2 is 1.95 bits per heavy atom. The average Bonchev–Trinajstić information content (AvgIpc) is 2.65. The molecule has 1 heterocycles. The molecule has 0 bridgehead atoms. The van der Waals surface area contributed by atoms with Gasteiger partial charge < -0.3 is 15.1 Å². The highest BCUT2D eigenvalue weighted by molar-refractivity contribution is 7.91. The minimum absolute atomic E-state index is 0.0441. The molecule has 7 nitrogen and oxygen atoms in total. The van der Waals surface area contributed by atoms with Crippen molar-refractivity contribution in [2.24, 2.45) is 0 Å². The molecule has 1 saturated heterocycles. The second kappa shape index (κ2) is 7.03. The van der Waals surface area contributed by atoms with Crippen LogP contribution in [0.15, 0.2) is 0 Å². The molecule has 0 aromatic heterocycles. The van der Waals surface area contributed by atoms with Gasteiger partial charge in [0.25, 0.3) is 0 Å². The zero-order chi connectivity index (χ0) is 15.3. The molecule has 1 N–H and O–H groups in total. The quantitative estimate of drug-likeness (QED) is 0.659. The van der Waals surface area contributed by atoms with Crippen molar-refractivity contribution in [1.29, 1.82) is 0 Å². The van der Waals surface area contributed by atoms with E-state index in [9.17, 15) is 18.0 Å². The molecule has 0 aromatic rings. The lowest BCUT2D eigenvalue weighted by Crippen LogP contribution is -2.46. The monoisotopic (exact) mass is 305 g/mol. The molecule has 2 amide bonds. The van der Waals surface area contributed by atoms with Crippen molar-refractivity contribution in [2.45, 2.75) is 19.4 Å². The van der Waals surface area contributed by atoms with Gasteiger partial charge in [-0.15, -0.1) is 0 Å². The van der Waals surface area contributed by atoms with Crippen LogP contribution in [-0.2, 0) is 19.4 Å². The molecule has 1 aliphatic heterocycles. The van der Waals surface area contributed by atoms with Crippen LogP contribution in [0, 0.1) is 0 Å². The van der Waals surface area contributed by atoms with Gasteiger partial charge in [0, 0.05) is 26.1 Å². The summed E-state index contributed by atoms with van der Waals surface area (Å²) in [6.45, 7) is 2.49. The van der Waals surface area contributed by atoms with Crippen molar-refractivity contribution in [3.63, 3.8) is 0 Å². The van der Waals surface area contributed by atoms with Gasteiger partial charge in [0.1, 0.15) is 0 Å². The summed E-state index contributed by atoms with van der Waals surface area (Å²) in [6.07, 6.45) is 0.410. The van der Waals surface area contributed by atoms with E-state index in [0.717, 1.165) is 0 Å². The molecule has 0 aliphatic carbocycles. The summed E-state index contributed by atoms with van der Waals surface area (Å²) in [5.74, 6) is -0.484. The van der Waals surface area contributed by atoms with Crippen LogP contribution in [0.1, 0.15) is 13.3 Å². The molecule has 0 aromatic carbocycles. The van der Waals surface area contributed by atoms with Gasteiger partial charge in [-0.05, 0) is 20.5 Å². The SMILES string of the molecule is CC(=O)N(CC(=O)NCCN(C)C)C1CCS(=O)(=O)C1. The third kappa shape index (κ3) is 5.46. The summed E-state index contributed by atoms with van der Waals surface area (Å²) in [6, 6.07) is -0.378. The Morgan fingerprint density at radius 1 is 1.30 bits per heavy atom. The Bertz CT molecular complexity index is 461. The molecule has 20 heavy (non-hydrogen) atoms. The largest absolute Gasteiger partial charge is 0.353 e. The molecule has 1 rings (SSSR count). The van der Waals surface area contributed by atoms with Gasteiger partial charge in [0.2, 0.25) is 11.8 Å². The lowest BCUT2D eigenvalue weighted by molar-refractivity contribution is -0.136. The third-order valence-corrected chi connectivity index (χ3v) is 5.00. The van der Waals surface area contributed by atoms with E-state index in [2.05, 4.69) is 5.32 Å². The van der Waals surface area contributed by atoms with Crippen molar-refractivity contribution in [3.05, 3.63) is 0 Å². The number of nitrogens with one attached hydrogen (secondary N) is 1. The Labute approximate surface area is 120 Å². The predicted molar refractivity (Wildman–Crippen MR) is 76.0 cm³/mol. The third-order valence-electron chi connectivity index (χ3n) is 3.25. The number of hydrogen-bond acceptors (Lipinski definition) is 5. The zero-order valence-electron chi connectivity index (χ0n) is 12.3. The number of rotatable bonds is 6. The van der Waals surface area contributed by atoms with Gasteiger partial charge in [-0.2, -0.15) is 0 Å². The van der Waals surface area contributed by atoms with Crippen molar-refractivity contribution in [1.82, 2.24) is 15.1 Å². The molecular weight excluding hydrogens is 282 g/mol. The molecule has 8 heteroatoms. The predicted octanol–water partition coefficient (Wildman–Crippen LogP) is -1.30. The highest BCUT2D eigenvalue weighted by Gasteiger charge is 2.34. The average molecular weight is 305 g/mol. The summed E-state index contributed by atoms with van der Waals surface area (Å²) in [5, 5.41) is 2.72. The van der Waals surface area contributed by atoms with E-state index in [4.69, 9.17) is 0 Å². The number of nitrogens with zero attached hydrogens (tertiary/aromatic N) is 2. The Balaban J connectivity index is 2.52. The first-order valence-electron chi connectivity index (χ1n) is 6.60. The van der Waals surface area contributed by atoms with Gasteiger partial charge in [-0.1, -0.05) is 0 Å². The topological polar surface area (TPSA) is 86.8 Å². The first kappa shape index (κ1) is 16.9. The molecule has 0 saturated carbocycles. The second-order valence-corrected chi connectivity index (χ2v) is 7.59. The fraction of sp³-hybridized carbons (Fsp3) is 0.833. The standard InChI is InChI=1S/C12H23N3O4S/c1-10(16)15(11-4-7-20(18,19)9-11)8-12(17)13-5-6-14(2)3/h11H,4-9H2,1-3H3,(H,13,17). The number of amides is 2. The van der Waals surface area contributed by atoms with Crippen LogP contribution in [0.2, 0.25) is 0 Å². The zero-order valence-corrected chi connectivity index (χ0v) is 13.1. The van der Waals surface area contributed by atoms with E-state index in [0.29, 0.717) is 19.5 Å². The summed E-state index contributed by atoms with van der Waals surface area (Å²) < 4.78 is 22.9. The molecule has 1 fully saturated rings. The number of carbonyl (C=O) groups is 2. The van der Waals surface area contributed by atoms with E-state index in [1.807, 2.05) is 19.0 Å². The first-order chi connectivity index (χ1) is 9.21. The molecule has 1 aliphatic rings. The maximum absolute atomic E-state index is 11.8. The Hall–Kier alpha value is -1.15. The first-order valence-corrected chi connectivity index (χ1v) is 8.42. The van der Waals surface area contributed by atoms with E-state index in [1.165, 1.54) is 11.8 Å². The van der Waals surface area contributed by atoms with Gasteiger partial charge in [-0.3, -0.25) is 9.59 Å². The van der Waals surface area contributed by atoms with Crippen LogP contribution in [0.3, 0.4) is 0 Å². The van der Waals surface area contributed by atoms with E-state index in [1.54, 1.807) is 0 Å². The molecule has 116 valence electrons. The molecule has 0 radical (unpaired) electrons. The van der Waals surface area contributed by atoms with Gasteiger partial charge >= 0.3 is 0 Å². The number of hydrogen-bond donors (Lipinski definition) is 1. The van der Waals surface area contributed by atoms with Gasteiger partial charge in [0.15, 0.2) is 9.84 Å². The number of sulfone groups is 1. The van der Waals surface area contributed by atoms with Gasteiger partial charge in [0.05, 0.1) is 18.1 Å². The van der Waals surface area contributed by atoms with E-state index < -0.39 is 9.84 Å². The number of carbonyl (C=O) groups excluding carboxylic acids is 2. The smallest absolute Gasteiger partial charge is 0.239 e. The van der Waals surface area contributed by atoms with Crippen LogP contribution < -0.4 is 5.32 Å². The lowest BCUT2D eigenvalue weighted by atomic mass is 10.2. The molecule has 1 unspecified atom stereocenters.